The molecule has 0 spiro atoms. The van der Waals surface area contributed by atoms with E-state index in [2.05, 4.69) is 4.98 Å². The second-order valence-electron chi connectivity index (χ2n) is 4.10. The number of carbonyl (C=O) groups is 1. The molecule has 0 fully saturated rings. The number of hydrogen-bond donors (Lipinski definition) is 1. The molecule has 7 heteroatoms. The number of thiazole rings is 1. The fourth-order valence-corrected chi connectivity index (χ4v) is 3.75. The van der Waals surface area contributed by atoms with Crippen molar-refractivity contribution in [2.75, 3.05) is 4.90 Å². The predicted octanol–water partition coefficient (Wildman–Crippen LogP) is 5.34. The van der Waals surface area contributed by atoms with Gasteiger partial charge in [-0.1, -0.05) is 29.8 Å². The number of aromatic nitrogens is 1. The van der Waals surface area contributed by atoms with Crippen molar-refractivity contribution in [2.45, 2.75) is 0 Å². The lowest BCUT2D eigenvalue weighted by molar-refractivity contribution is 0.205. The minimum Gasteiger partial charge on any atom is -0.464 e. The van der Waals surface area contributed by atoms with E-state index < -0.39 is 6.09 Å². The lowest BCUT2D eigenvalue weighted by Gasteiger charge is -2.15. The maximum Gasteiger partial charge on any atom is 0.418 e. The average Bonchev–Trinajstić information content (AvgIpc) is 3.09. The van der Waals surface area contributed by atoms with Crippen molar-refractivity contribution in [2.24, 2.45) is 0 Å². The van der Waals surface area contributed by atoms with Gasteiger partial charge in [0, 0.05) is 10.8 Å². The zero-order valence-corrected chi connectivity index (χ0v) is 13.0. The standard InChI is InChI=1S/C14H9ClN2O2S2/c15-9-6-12(20-7-9)11-8-21-13(16-11)17(14(18)19)10-4-2-1-3-5-10/h1-8H,(H,18,19). The monoisotopic (exact) mass is 336 g/mol. The number of amides is 1. The number of rotatable bonds is 3. The number of halogens is 1. The molecule has 3 aromatic rings. The third kappa shape index (κ3) is 2.92. The van der Waals surface area contributed by atoms with Gasteiger partial charge in [-0.15, -0.1) is 22.7 Å². The van der Waals surface area contributed by atoms with Gasteiger partial charge in [0.25, 0.3) is 0 Å². The zero-order chi connectivity index (χ0) is 14.8. The number of benzene rings is 1. The minimum absolute atomic E-state index is 0.410. The van der Waals surface area contributed by atoms with Crippen LogP contribution in [0, 0.1) is 0 Å². The molecule has 21 heavy (non-hydrogen) atoms. The van der Waals surface area contributed by atoms with Crippen LogP contribution in [0.1, 0.15) is 0 Å². The molecule has 0 aliphatic carbocycles. The smallest absolute Gasteiger partial charge is 0.418 e. The van der Waals surface area contributed by atoms with Crippen molar-refractivity contribution in [1.29, 1.82) is 0 Å². The highest BCUT2D eigenvalue weighted by atomic mass is 35.5. The maximum absolute atomic E-state index is 11.5. The van der Waals surface area contributed by atoms with Crippen LogP contribution in [0.25, 0.3) is 10.6 Å². The van der Waals surface area contributed by atoms with Gasteiger partial charge in [0.2, 0.25) is 0 Å². The van der Waals surface area contributed by atoms with E-state index in [1.165, 1.54) is 27.6 Å². The van der Waals surface area contributed by atoms with Gasteiger partial charge < -0.3 is 5.11 Å². The van der Waals surface area contributed by atoms with Crippen LogP contribution in [0.4, 0.5) is 15.6 Å². The Morgan fingerprint density at radius 1 is 1.19 bits per heavy atom. The van der Waals surface area contributed by atoms with Gasteiger partial charge in [0.1, 0.15) is 0 Å². The highest BCUT2D eigenvalue weighted by Crippen LogP contribution is 2.35. The molecule has 0 saturated heterocycles. The molecular weight excluding hydrogens is 328 g/mol. The van der Waals surface area contributed by atoms with Crippen molar-refractivity contribution in [3.63, 3.8) is 0 Å². The van der Waals surface area contributed by atoms with E-state index in [-0.39, 0.29) is 0 Å². The molecule has 1 N–H and O–H groups in total. The Balaban J connectivity index is 1.98. The summed E-state index contributed by atoms with van der Waals surface area (Å²) in [5, 5.41) is 14.2. The minimum atomic E-state index is -1.06. The van der Waals surface area contributed by atoms with Crippen LogP contribution in [0.2, 0.25) is 5.02 Å². The largest absolute Gasteiger partial charge is 0.464 e. The third-order valence-corrected chi connectivity index (χ3v) is 4.84. The fourth-order valence-electron chi connectivity index (χ4n) is 1.81. The van der Waals surface area contributed by atoms with Crippen molar-refractivity contribution < 1.29 is 9.90 Å². The summed E-state index contributed by atoms with van der Waals surface area (Å²) in [6, 6.07) is 10.7. The summed E-state index contributed by atoms with van der Waals surface area (Å²) >= 11 is 8.67. The molecule has 3 rings (SSSR count). The third-order valence-electron chi connectivity index (χ3n) is 2.71. The van der Waals surface area contributed by atoms with E-state index in [0.717, 1.165) is 10.6 Å². The first kappa shape index (κ1) is 14.1. The van der Waals surface area contributed by atoms with Crippen LogP contribution in [0.3, 0.4) is 0 Å². The molecule has 0 bridgehead atoms. The van der Waals surface area contributed by atoms with Gasteiger partial charge in [0.05, 0.1) is 21.3 Å². The van der Waals surface area contributed by atoms with Crippen LogP contribution < -0.4 is 4.90 Å². The van der Waals surface area contributed by atoms with E-state index in [9.17, 15) is 9.90 Å². The van der Waals surface area contributed by atoms with E-state index in [1.54, 1.807) is 24.3 Å². The average molecular weight is 337 g/mol. The Hall–Kier alpha value is -1.89. The van der Waals surface area contributed by atoms with E-state index in [4.69, 9.17) is 11.6 Å². The van der Waals surface area contributed by atoms with Crippen LogP contribution in [-0.2, 0) is 0 Å². The topological polar surface area (TPSA) is 53.4 Å². The lowest BCUT2D eigenvalue weighted by Crippen LogP contribution is -2.23. The summed E-state index contributed by atoms with van der Waals surface area (Å²) in [6.45, 7) is 0. The van der Waals surface area contributed by atoms with Gasteiger partial charge >= 0.3 is 6.09 Å². The quantitative estimate of drug-likeness (QED) is 0.702. The second kappa shape index (κ2) is 5.85. The summed E-state index contributed by atoms with van der Waals surface area (Å²) in [6.07, 6.45) is -1.06. The van der Waals surface area contributed by atoms with Crippen LogP contribution >= 0.6 is 34.3 Å². The normalized spacial score (nSPS) is 10.5. The first-order chi connectivity index (χ1) is 10.1. The van der Waals surface area contributed by atoms with Crippen molar-refractivity contribution in [3.05, 3.63) is 52.2 Å². The Kier molecular flexibility index (Phi) is 3.92. The van der Waals surface area contributed by atoms with Gasteiger partial charge in [0.15, 0.2) is 5.13 Å². The van der Waals surface area contributed by atoms with Crippen molar-refractivity contribution in [1.82, 2.24) is 4.98 Å². The van der Waals surface area contributed by atoms with Crippen molar-refractivity contribution in [3.8, 4) is 10.6 Å². The molecule has 2 aromatic heterocycles. The Morgan fingerprint density at radius 2 is 1.95 bits per heavy atom. The molecule has 4 nitrogen and oxygen atoms in total. The highest BCUT2D eigenvalue weighted by Gasteiger charge is 2.20. The van der Waals surface area contributed by atoms with E-state index in [0.29, 0.717) is 15.8 Å². The molecule has 1 amide bonds. The van der Waals surface area contributed by atoms with E-state index in [1.807, 2.05) is 22.9 Å². The predicted molar refractivity (Wildman–Crippen MR) is 87.0 cm³/mol. The van der Waals surface area contributed by atoms with Gasteiger partial charge in [-0.05, 0) is 18.2 Å². The summed E-state index contributed by atoms with van der Waals surface area (Å²) in [5.74, 6) is 0. The molecule has 2 heterocycles. The number of anilines is 2. The molecular formula is C14H9ClN2O2S2. The zero-order valence-electron chi connectivity index (χ0n) is 10.6. The molecule has 1 aromatic carbocycles. The Morgan fingerprint density at radius 3 is 2.57 bits per heavy atom. The van der Waals surface area contributed by atoms with Crippen LogP contribution in [-0.4, -0.2) is 16.2 Å². The fraction of sp³-hybridized carbons (Fsp3) is 0. The van der Waals surface area contributed by atoms with Crippen LogP contribution in [0.5, 0.6) is 0 Å². The van der Waals surface area contributed by atoms with Crippen LogP contribution in [0.15, 0.2) is 47.2 Å². The number of carboxylic acid groups (broad SMARTS) is 1. The highest BCUT2D eigenvalue weighted by molar-refractivity contribution is 7.16. The molecule has 0 atom stereocenters. The molecule has 0 unspecified atom stereocenters. The first-order valence-electron chi connectivity index (χ1n) is 5.93. The summed E-state index contributed by atoms with van der Waals surface area (Å²) in [7, 11) is 0. The van der Waals surface area contributed by atoms with E-state index >= 15 is 0 Å². The number of para-hydroxylation sites is 1. The second-order valence-corrected chi connectivity index (χ2v) is 6.28. The summed E-state index contributed by atoms with van der Waals surface area (Å²) in [4.78, 5) is 18.0. The van der Waals surface area contributed by atoms with Gasteiger partial charge in [-0.3, -0.25) is 0 Å². The lowest BCUT2D eigenvalue weighted by atomic mass is 10.3. The van der Waals surface area contributed by atoms with Gasteiger partial charge in [-0.2, -0.15) is 0 Å². The summed E-state index contributed by atoms with van der Waals surface area (Å²) < 4.78 is 0. The number of thiophene rings is 1. The maximum atomic E-state index is 11.5. The Labute approximate surface area is 133 Å². The molecule has 0 saturated carbocycles. The Bertz CT molecular complexity index is 770. The van der Waals surface area contributed by atoms with Gasteiger partial charge in [-0.25, -0.2) is 14.7 Å². The molecule has 106 valence electrons. The first-order valence-corrected chi connectivity index (χ1v) is 8.07. The summed E-state index contributed by atoms with van der Waals surface area (Å²) in [5.41, 5.74) is 1.30. The molecule has 0 radical (unpaired) electrons. The van der Waals surface area contributed by atoms with Crippen molar-refractivity contribution >= 4 is 51.2 Å². The number of nitrogens with zero attached hydrogens (tertiary/aromatic N) is 2. The SMILES string of the molecule is O=C(O)N(c1ccccc1)c1nc(-c2cc(Cl)cs2)cs1. The molecule has 0 aliphatic rings. The molecule has 0 aliphatic heterocycles. The number of hydrogen-bond acceptors (Lipinski definition) is 4.